The molecule has 0 radical (unpaired) electrons. The summed E-state index contributed by atoms with van der Waals surface area (Å²) in [5, 5.41) is 0.859. The molecule has 2 aromatic heterocycles. The van der Waals surface area contributed by atoms with Crippen molar-refractivity contribution in [3.05, 3.63) is 78.4 Å². The molecule has 0 saturated carbocycles. The predicted octanol–water partition coefficient (Wildman–Crippen LogP) is 4.71. The lowest BCUT2D eigenvalue weighted by Crippen LogP contribution is -2.31. The molecule has 0 aliphatic heterocycles. The highest BCUT2D eigenvalue weighted by molar-refractivity contribution is 7.09. The number of carbonyl (C=O) groups is 2. The first kappa shape index (κ1) is 28.9. The summed E-state index contributed by atoms with van der Waals surface area (Å²) >= 11 is 1.37. The van der Waals surface area contributed by atoms with Crippen LogP contribution in [0.1, 0.15) is 44.2 Å². The SMILES string of the molecule is CC(=O)Oc1ccc(CN(CCCN(C)c2nc(-n3ccnc3)ns2)C[C@@H](C)c2ccc(OC(C)=O)cc2)cc1. The average molecular weight is 563 g/mol. The zero-order chi connectivity index (χ0) is 28.5. The Morgan fingerprint density at radius 2 is 1.62 bits per heavy atom. The van der Waals surface area contributed by atoms with Gasteiger partial charge in [-0.3, -0.25) is 19.1 Å². The molecule has 0 unspecified atom stereocenters. The first-order chi connectivity index (χ1) is 19.3. The van der Waals surface area contributed by atoms with Gasteiger partial charge < -0.3 is 14.4 Å². The van der Waals surface area contributed by atoms with Crippen LogP contribution >= 0.6 is 11.5 Å². The van der Waals surface area contributed by atoms with Crippen molar-refractivity contribution in [3.63, 3.8) is 0 Å². The molecule has 0 bridgehead atoms. The Kier molecular flexibility index (Phi) is 9.98. The molecule has 0 N–H and O–H groups in total. The molecule has 2 heterocycles. The Labute approximate surface area is 238 Å². The molecule has 0 aliphatic rings. The highest BCUT2D eigenvalue weighted by atomic mass is 32.1. The molecule has 40 heavy (non-hydrogen) atoms. The van der Waals surface area contributed by atoms with Gasteiger partial charge in [-0.05, 0) is 47.7 Å². The second kappa shape index (κ2) is 13.8. The molecule has 4 rings (SSSR count). The maximum Gasteiger partial charge on any atom is 0.308 e. The van der Waals surface area contributed by atoms with E-state index >= 15 is 0 Å². The van der Waals surface area contributed by atoms with Crippen molar-refractivity contribution in [1.82, 2.24) is 23.8 Å². The van der Waals surface area contributed by atoms with Gasteiger partial charge in [0, 0.05) is 71.0 Å². The third-order valence-corrected chi connectivity index (χ3v) is 7.09. The standard InChI is InChI=1S/C29H34N6O4S/c1-21(25-8-12-27(13-9-25)39-23(3)37)18-34(19-24-6-10-26(11-7-24)38-22(2)36)16-5-15-33(4)29-31-28(32-40-29)35-17-14-30-20-35/h6-14,17,20-21H,5,15-16,18-19H2,1-4H3/t21-/m1/s1. The number of rotatable bonds is 13. The highest BCUT2D eigenvalue weighted by Gasteiger charge is 2.15. The Morgan fingerprint density at radius 3 is 2.23 bits per heavy atom. The molecule has 0 saturated heterocycles. The van der Waals surface area contributed by atoms with Crippen LogP contribution in [0.2, 0.25) is 0 Å². The monoisotopic (exact) mass is 562 g/mol. The summed E-state index contributed by atoms with van der Waals surface area (Å²) in [6, 6.07) is 15.3. The van der Waals surface area contributed by atoms with Gasteiger partial charge in [-0.15, -0.1) is 0 Å². The third-order valence-electron chi connectivity index (χ3n) is 6.27. The molecule has 0 fully saturated rings. The van der Waals surface area contributed by atoms with Crippen LogP contribution in [0, 0.1) is 0 Å². The summed E-state index contributed by atoms with van der Waals surface area (Å²) < 4.78 is 16.6. The van der Waals surface area contributed by atoms with Crippen molar-refractivity contribution in [2.24, 2.45) is 0 Å². The van der Waals surface area contributed by atoms with Gasteiger partial charge in [-0.2, -0.15) is 9.36 Å². The fourth-order valence-electron chi connectivity index (χ4n) is 4.32. The normalized spacial score (nSPS) is 11.8. The van der Waals surface area contributed by atoms with Crippen LogP contribution in [0.15, 0.2) is 67.3 Å². The lowest BCUT2D eigenvalue weighted by atomic mass is 10.00. The molecule has 0 spiro atoms. The minimum Gasteiger partial charge on any atom is -0.427 e. The van der Waals surface area contributed by atoms with Gasteiger partial charge in [0.1, 0.15) is 17.8 Å². The number of hydrogen-bond acceptors (Lipinski definition) is 10. The number of ether oxygens (including phenoxy) is 2. The minimum atomic E-state index is -0.334. The Bertz CT molecular complexity index is 1370. The second-order valence-electron chi connectivity index (χ2n) is 9.66. The average Bonchev–Trinajstić information content (AvgIpc) is 3.62. The van der Waals surface area contributed by atoms with Crippen molar-refractivity contribution in [2.45, 2.75) is 39.7 Å². The van der Waals surface area contributed by atoms with E-state index < -0.39 is 0 Å². The molecule has 10 nitrogen and oxygen atoms in total. The predicted molar refractivity (Wildman–Crippen MR) is 154 cm³/mol. The zero-order valence-corrected chi connectivity index (χ0v) is 24.0. The van der Waals surface area contributed by atoms with E-state index in [1.807, 2.05) is 61.8 Å². The first-order valence-corrected chi connectivity index (χ1v) is 13.9. The summed E-state index contributed by atoms with van der Waals surface area (Å²) in [7, 11) is 2.03. The zero-order valence-electron chi connectivity index (χ0n) is 23.2. The number of esters is 2. The van der Waals surface area contributed by atoms with E-state index in [-0.39, 0.29) is 17.9 Å². The molecule has 2 aromatic carbocycles. The summed E-state index contributed by atoms with van der Waals surface area (Å²) in [5.41, 5.74) is 2.31. The van der Waals surface area contributed by atoms with E-state index in [1.54, 1.807) is 17.1 Å². The van der Waals surface area contributed by atoms with Crippen molar-refractivity contribution in [1.29, 1.82) is 0 Å². The maximum absolute atomic E-state index is 11.3. The van der Waals surface area contributed by atoms with Crippen molar-refractivity contribution in [2.75, 3.05) is 31.6 Å². The van der Waals surface area contributed by atoms with Crippen LogP contribution in [0.4, 0.5) is 5.13 Å². The van der Waals surface area contributed by atoms with E-state index in [4.69, 9.17) is 9.47 Å². The topological polar surface area (TPSA) is 103 Å². The first-order valence-electron chi connectivity index (χ1n) is 13.1. The quantitative estimate of drug-likeness (QED) is 0.169. The fourth-order valence-corrected chi connectivity index (χ4v) is 4.97. The molecular formula is C29H34N6O4S. The maximum atomic E-state index is 11.3. The second-order valence-corrected chi connectivity index (χ2v) is 10.4. The lowest BCUT2D eigenvalue weighted by molar-refractivity contribution is -0.132. The summed E-state index contributed by atoms with van der Waals surface area (Å²) in [4.78, 5) is 35.8. The van der Waals surface area contributed by atoms with E-state index in [9.17, 15) is 9.59 Å². The van der Waals surface area contributed by atoms with Crippen LogP contribution in [0.3, 0.4) is 0 Å². The summed E-state index contributed by atoms with van der Waals surface area (Å²) in [6.45, 7) is 8.28. The molecule has 0 aliphatic carbocycles. The van der Waals surface area contributed by atoms with E-state index in [0.29, 0.717) is 17.4 Å². The molecule has 11 heteroatoms. The number of aromatic nitrogens is 4. The van der Waals surface area contributed by atoms with Crippen LogP contribution < -0.4 is 14.4 Å². The number of imidazole rings is 1. The fraction of sp³-hybridized carbons (Fsp3) is 0.345. The van der Waals surface area contributed by atoms with Crippen molar-refractivity contribution < 1.29 is 19.1 Å². The number of carbonyl (C=O) groups excluding carboxylic acids is 2. The van der Waals surface area contributed by atoms with E-state index in [2.05, 4.69) is 31.1 Å². The van der Waals surface area contributed by atoms with Gasteiger partial charge >= 0.3 is 11.9 Å². The Hall–Kier alpha value is -4.09. The van der Waals surface area contributed by atoms with Gasteiger partial charge in [0.15, 0.2) is 0 Å². The van der Waals surface area contributed by atoms with Crippen LogP contribution in [-0.4, -0.2) is 62.4 Å². The molecule has 4 aromatic rings. The molecule has 1 atom stereocenters. The van der Waals surface area contributed by atoms with Gasteiger partial charge in [-0.25, -0.2) is 4.98 Å². The minimum absolute atomic E-state index is 0.255. The van der Waals surface area contributed by atoms with Crippen LogP contribution in [0.5, 0.6) is 11.5 Å². The van der Waals surface area contributed by atoms with Gasteiger partial charge in [0.2, 0.25) is 11.1 Å². The van der Waals surface area contributed by atoms with Crippen molar-refractivity contribution in [3.8, 4) is 17.4 Å². The molecular weight excluding hydrogens is 528 g/mol. The Balaban J connectivity index is 1.39. The van der Waals surface area contributed by atoms with Crippen LogP contribution in [0.25, 0.3) is 5.95 Å². The third kappa shape index (κ3) is 8.45. The summed E-state index contributed by atoms with van der Waals surface area (Å²) in [6.07, 6.45) is 6.15. The van der Waals surface area contributed by atoms with Gasteiger partial charge in [0.05, 0.1) is 0 Å². The molecule has 0 amide bonds. The Morgan fingerprint density at radius 1 is 0.975 bits per heavy atom. The van der Waals surface area contributed by atoms with E-state index in [1.165, 1.54) is 30.9 Å². The van der Waals surface area contributed by atoms with Gasteiger partial charge in [0.25, 0.3) is 0 Å². The number of anilines is 1. The number of benzene rings is 2. The molecule has 210 valence electrons. The van der Waals surface area contributed by atoms with Crippen LogP contribution in [-0.2, 0) is 16.1 Å². The van der Waals surface area contributed by atoms with Crippen molar-refractivity contribution >= 4 is 28.6 Å². The largest absolute Gasteiger partial charge is 0.427 e. The van der Waals surface area contributed by atoms with Gasteiger partial charge in [-0.1, -0.05) is 31.2 Å². The smallest absolute Gasteiger partial charge is 0.308 e. The summed E-state index contributed by atoms with van der Waals surface area (Å²) in [5.74, 6) is 1.30. The lowest BCUT2D eigenvalue weighted by Gasteiger charge is -2.27. The number of nitrogens with zero attached hydrogens (tertiary/aromatic N) is 6. The number of hydrogen-bond donors (Lipinski definition) is 0. The van der Waals surface area contributed by atoms with E-state index in [0.717, 1.165) is 43.3 Å². The highest BCUT2D eigenvalue weighted by Crippen LogP contribution is 2.23.